The highest BCUT2D eigenvalue weighted by molar-refractivity contribution is 7.55. The van der Waals surface area contributed by atoms with Crippen LogP contribution in [0.25, 0.3) is 0 Å². The molecule has 1 aromatic rings. The van der Waals surface area contributed by atoms with Crippen molar-refractivity contribution in [1.29, 1.82) is 0 Å². The van der Waals surface area contributed by atoms with Gasteiger partial charge in [0.2, 0.25) is 5.90 Å². The van der Waals surface area contributed by atoms with Crippen molar-refractivity contribution in [2.24, 2.45) is 10.4 Å². The molecule has 2 rings (SSSR count). The van der Waals surface area contributed by atoms with E-state index in [2.05, 4.69) is 20.8 Å². The maximum Gasteiger partial charge on any atom is 0.383 e. The summed E-state index contributed by atoms with van der Waals surface area (Å²) in [6.45, 7) is 13.2. The number of rotatable bonds is 10. The molecule has 0 saturated carbocycles. The Bertz CT molecular complexity index is 1060. The quantitative estimate of drug-likeness (QED) is 0.297. The van der Waals surface area contributed by atoms with Crippen molar-refractivity contribution < 1.29 is 37.4 Å². The Morgan fingerprint density at radius 1 is 0.944 bits per heavy atom. The fourth-order valence-electron chi connectivity index (χ4n) is 4.62. The van der Waals surface area contributed by atoms with Gasteiger partial charge >= 0.3 is 19.5 Å². The van der Waals surface area contributed by atoms with Crippen molar-refractivity contribution in [3.63, 3.8) is 0 Å². The van der Waals surface area contributed by atoms with Gasteiger partial charge in [0.1, 0.15) is 11.1 Å². The van der Waals surface area contributed by atoms with Crippen LogP contribution >= 0.6 is 7.60 Å². The van der Waals surface area contributed by atoms with Crippen LogP contribution in [0.2, 0.25) is 0 Å². The van der Waals surface area contributed by atoms with E-state index >= 15 is 0 Å². The van der Waals surface area contributed by atoms with Crippen LogP contribution < -0.4 is 0 Å². The molecule has 1 unspecified atom stereocenters. The average Bonchev–Trinajstić information content (AvgIpc) is 3.12. The third kappa shape index (κ3) is 5.90. The molecule has 0 radical (unpaired) electrons. The van der Waals surface area contributed by atoms with Crippen molar-refractivity contribution in [3.8, 4) is 0 Å². The summed E-state index contributed by atoms with van der Waals surface area (Å²) >= 11 is 0. The van der Waals surface area contributed by atoms with Gasteiger partial charge in [0.05, 0.1) is 33.0 Å². The van der Waals surface area contributed by atoms with E-state index in [1.54, 1.807) is 44.2 Å². The lowest BCUT2D eigenvalue weighted by atomic mass is 9.82. The summed E-state index contributed by atoms with van der Waals surface area (Å²) in [5.74, 6) is -2.03. The van der Waals surface area contributed by atoms with Crippen LogP contribution in [0, 0.1) is 5.41 Å². The average molecular weight is 524 g/mol. The topological polar surface area (TPSA) is 110 Å². The van der Waals surface area contributed by atoms with Gasteiger partial charge in [0, 0.05) is 5.56 Å². The number of methoxy groups -OCH3 is 2. The summed E-state index contributed by atoms with van der Waals surface area (Å²) in [5.41, 5.74) is -1.21. The molecule has 1 aliphatic heterocycles. The standard InChI is InChI=1S/C26H38NO8P/c1-10-33-36(30,34-11-2)26(18-15-13-12-14-16-18)20(23(29)32-9)19(22(28)31-8)21(35-26)27-25(6,7)17-24(3,4)5/h12-16H,10-11,17H2,1-9H3. The zero-order chi connectivity index (χ0) is 27.4. The van der Waals surface area contributed by atoms with Crippen molar-refractivity contribution in [3.05, 3.63) is 47.0 Å². The summed E-state index contributed by atoms with van der Waals surface area (Å²) in [7, 11) is -2.01. The number of esters is 2. The van der Waals surface area contributed by atoms with Gasteiger partial charge in [-0.3, -0.25) is 4.57 Å². The predicted molar refractivity (Wildman–Crippen MR) is 137 cm³/mol. The number of carbonyl (C=O) groups is 2. The molecule has 200 valence electrons. The Balaban J connectivity index is 3.07. The monoisotopic (exact) mass is 523 g/mol. The van der Waals surface area contributed by atoms with Crippen molar-refractivity contribution in [2.75, 3.05) is 27.4 Å². The molecule has 1 atom stereocenters. The molecule has 0 bridgehead atoms. The Morgan fingerprint density at radius 3 is 1.92 bits per heavy atom. The minimum atomic E-state index is -4.34. The number of nitrogens with zero attached hydrogens (tertiary/aromatic N) is 1. The van der Waals surface area contributed by atoms with Crippen molar-refractivity contribution >= 4 is 25.4 Å². The molecule has 36 heavy (non-hydrogen) atoms. The summed E-state index contributed by atoms with van der Waals surface area (Å²) in [6, 6.07) is 8.36. The maximum absolute atomic E-state index is 14.5. The first-order valence-corrected chi connectivity index (χ1v) is 13.4. The normalized spacial score (nSPS) is 19.9. The van der Waals surface area contributed by atoms with Gasteiger partial charge in [0.15, 0.2) is 0 Å². The molecule has 1 heterocycles. The van der Waals surface area contributed by atoms with Crippen LogP contribution in [0.4, 0.5) is 0 Å². The number of benzene rings is 1. The molecule has 0 amide bonds. The lowest BCUT2D eigenvalue weighted by Crippen LogP contribution is -2.35. The molecule has 0 N–H and O–H groups in total. The van der Waals surface area contributed by atoms with E-state index in [1.807, 2.05) is 13.8 Å². The first kappa shape index (κ1) is 29.7. The van der Waals surface area contributed by atoms with Gasteiger partial charge in [0.25, 0.3) is 5.34 Å². The number of hydrogen-bond acceptors (Lipinski definition) is 9. The van der Waals surface area contributed by atoms with Gasteiger partial charge in [-0.05, 0) is 39.5 Å². The lowest BCUT2D eigenvalue weighted by Gasteiger charge is -2.36. The summed E-state index contributed by atoms with van der Waals surface area (Å²) in [5, 5.41) is -2.16. The number of hydrogen-bond donors (Lipinski definition) is 0. The molecular weight excluding hydrogens is 485 g/mol. The first-order valence-electron chi connectivity index (χ1n) is 11.9. The van der Waals surface area contributed by atoms with E-state index in [0.717, 1.165) is 7.11 Å². The molecule has 1 aromatic carbocycles. The van der Waals surface area contributed by atoms with Gasteiger partial charge < -0.3 is 23.3 Å². The Hall–Kier alpha value is -2.48. The van der Waals surface area contributed by atoms with Crippen LogP contribution in [-0.2, 0) is 42.8 Å². The molecule has 0 aromatic heterocycles. The first-order chi connectivity index (χ1) is 16.7. The zero-order valence-electron chi connectivity index (χ0n) is 22.7. The minimum Gasteiger partial charge on any atom is -0.465 e. The van der Waals surface area contributed by atoms with E-state index in [0.29, 0.717) is 6.42 Å². The molecule has 0 saturated heterocycles. The van der Waals surface area contributed by atoms with E-state index in [9.17, 15) is 14.2 Å². The number of ether oxygens (including phenoxy) is 3. The Labute approximate surface area is 213 Å². The van der Waals surface area contributed by atoms with Crippen LogP contribution in [0.15, 0.2) is 46.5 Å². The second kappa shape index (κ2) is 11.3. The zero-order valence-corrected chi connectivity index (χ0v) is 23.6. The van der Waals surface area contributed by atoms with Crippen LogP contribution in [-0.4, -0.2) is 50.8 Å². The Kier molecular flexibility index (Phi) is 9.32. The highest BCUT2D eigenvalue weighted by Crippen LogP contribution is 2.71. The smallest absolute Gasteiger partial charge is 0.383 e. The molecule has 0 aliphatic carbocycles. The summed E-state index contributed by atoms with van der Waals surface area (Å²) < 4.78 is 42.5. The highest BCUT2D eigenvalue weighted by atomic mass is 31.2. The summed E-state index contributed by atoms with van der Waals surface area (Å²) in [6.07, 6.45) is 0.613. The van der Waals surface area contributed by atoms with E-state index in [1.165, 1.54) is 7.11 Å². The van der Waals surface area contributed by atoms with Gasteiger partial charge in [-0.25, -0.2) is 14.6 Å². The highest BCUT2D eigenvalue weighted by Gasteiger charge is 2.66. The van der Waals surface area contributed by atoms with Crippen LogP contribution in [0.5, 0.6) is 0 Å². The third-order valence-corrected chi connectivity index (χ3v) is 7.88. The van der Waals surface area contributed by atoms with Crippen LogP contribution in [0.1, 0.15) is 60.5 Å². The number of aliphatic imine (C=N–C) groups is 1. The van der Waals surface area contributed by atoms with Gasteiger partial charge in [-0.15, -0.1) is 0 Å². The van der Waals surface area contributed by atoms with Gasteiger partial charge in [-0.2, -0.15) is 0 Å². The fourth-order valence-corrected chi connectivity index (χ4v) is 6.88. The predicted octanol–water partition coefficient (Wildman–Crippen LogP) is 5.39. The fraction of sp³-hybridized carbons (Fsp3) is 0.577. The second-order valence-electron chi connectivity index (χ2n) is 10.1. The van der Waals surface area contributed by atoms with E-state index in [4.69, 9.17) is 28.3 Å². The molecule has 1 aliphatic rings. The number of carbonyl (C=O) groups excluding carboxylic acids is 2. The lowest BCUT2D eigenvalue weighted by molar-refractivity contribution is -0.139. The molecule has 9 nitrogen and oxygen atoms in total. The second-order valence-corrected chi connectivity index (χ2v) is 12.3. The van der Waals surface area contributed by atoms with E-state index in [-0.39, 0.29) is 41.2 Å². The summed E-state index contributed by atoms with van der Waals surface area (Å²) in [4.78, 5) is 31.3. The van der Waals surface area contributed by atoms with Crippen molar-refractivity contribution in [2.45, 2.75) is 65.8 Å². The molecule has 0 spiro atoms. The largest absolute Gasteiger partial charge is 0.465 e. The molecular formula is C26H38NO8P. The minimum absolute atomic E-state index is 0.0147. The Morgan fingerprint density at radius 2 is 1.47 bits per heavy atom. The van der Waals surface area contributed by atoms with E-state index < -0.39 is 30.4 Å². The SMILES string of the molecule is CCOP(=O)(OCC)C1(c2ccccc2)OC(=NC(C)(C)CC(C)(C)C)C(C(=O)OC)=C1C(=O)OC. The van der Waals surface area contributed by atoms with Crippen molar-refractivity contribution in [1.82, 2.24) is 0 Å². The van der Waals surface area contributed by atoms with Crippen LogP contribution in [0.3, 0.4) is 0 Å². The third-order valence-electron chi connectivity index (χ3n) is 5.34. The molecule has 0 fully saturated rings. The maximum atomic E-state index is 14.5. The van der Waals surface area contributed by atoms with Gasteiger partial charge in [-0.1, -0.05) is 51.1 Å². The molecule has 10 heteroatoms.